The van der Waals surface area contributed by atoms with E-state index in [0.29, 0.717) is 5.58 Å². The van der Waals surface area contributed by atoms with Gasteiger partial charge in [0.25, 0.3) is 0 Å². The second-order valence-corrected chi connectivity index (χ2v) is 8.28. The van der Waals surface area contributed by atoms with Gasteiger partial charge in [-0.15, -0.1) is 0 Å². The van der Waals surface area contributed by atoms with E-state index in [4.69, 9.17) is 4.42 Å². The first kappa shape index (κ1) is 15.9. The lowest BCUT2D eigenvalue weighted by molar-refractivity contribution is -0.131. The molecule has 6 heteroatoms. The van der Waals surface area contributed by atoms with Crippen LogP contribution in [0.2, 0.25) is 0 Å². The minimum absolute atomic E-state index is 0.170. The number of carbonyl (C=O) groups is 2. The molecule has 2 atom stereocenters. The zero-order valence-electron chi connectivity index (χ0n) is 14.8. The average molecular weight is 376 g/mol. The van der Waals surface area contributed by atoms with E-state index in [0.717, 1.165) is 41.9 Å². The van der Waals surface area contributed by atoms with Crippen molar-refractivity contribution in [2.24, 2.45) is 17.8 Å². The van der Waals surface area contributed by atoms with Crippen LogP contribution in [0.4, 0.5) is 0 Å². The van der Waals surface area contributed by atoms with Crippen molar-refractivity contribution < 1.29 is 24.2 Å². The SMILES string of the molecule is O=C1C=C(O)C(c2oc3cc(C45CCCC6C4C65)ccc3c(=O)c2O)=CC1=O. The topological polar surface area (TPSA) is 105 Å². The molecule has 2 unspecified atom stereocenters. The Morgan fingerprint density at radius 2 is 1.79 bits per heavy atom. The number of aromatic hydroxyl groups is 1. The summed E-state index contributed by atoms with van der Waals surface area (Å²) in [6.07, 6.45) is 5.31. The fraction of sp³-hybridized carbons (Fsp3) is 0.318. The normalized spacial score (nSPS) is 32.6. The van der Waals surface area contributed by atoms with E-state index in [2.05, 4.69) is 0 Å². The van der Waals surface area contributed by atoms with E-state index in [1.807, 2.05) is 12.1 Å². The Morgan fingerprint density at radius 3 is 2.54 bits per heavy atom. The molecule has 4 aliphatic carbocycles. The van der Waals surface area contributed by atoms with Gasteiger partial charge in [0, 0.05) is 17.6 Å². The van der Waals surface area contributed by atoms with Crippen LogP contribution in [-0.4, -0.2) is 21.8 Å². The summed E-state index contributed by atoms with van der Waals surface area (Å²) in [5.41, 5.74) is 0.852. The summed E-state index contributed by atoms with van der Waals surface area (Å²) in [5.74, 6) is -0.889. The van der Waals surface area contributed by atoms with Crippen LogP contribution in [0.1, 0.15) is 30.6 Å². The molecule has 6 rings (SSSR count). The molecule has 2 aromatic rings. The summed E-state index contributed by atoms with van der Waals surface area (Å²) in [7, 11) is 0. The van der Waals surface area contributed by atoms with Gasteiger partial charge in [0.2, 0.25) is 22.7 Å². The molecule has 2 N–H and O–H groups in total. The number of hydrogen-bond donors (Lipinski definition) is 2. The van der Waals surface area contributed by atoms with Gasteiger partial charge in [-0.1, -0.05) is 12.5 Å². The van der Waals surface area contributed by atoms with Crippen molar-refractivity contribution in [1.29, 1.82) is 0 Å². The molecular formula is C22H16O6. The standard InChI is InChI=1S/C22H16O6/c23-13-8-15(25)14(24)7-12(13)21-20(27)19(26)10-4-3-9(6-16(10)28-21)22-5-1-2-11-17(22)18(11)22/h3-4,6-8,11,17-18,23,27H,1-2,5H2. The first-order valence-corrected chi connectivity index (χ1v) is 9.45. The maximum Gasteiger partial charge on any atom is 0.235 e. The fourth-order valence-corrected chi connectivity index (χ4v) is 5.76. The van der Waals surface area contributed by atoms with Gasteiger partial charge in [-0.3, -0.25) is 14.4 Å². The highest BCUT2D eigenvalue weighted by molar-refractivity contribution is 6.48. The molecule has 1 heterocycles. The summed E-state index contributed by atoms with van der Waals surface area (Å²) in [4.78, 5) is 35.8. The maximum atomic E-state index is 12.6. The predicted octanol–water partition coefficient (Wildman–Crippen LogP) is 2.77. The Bertz CT molecular complexity index is 1230. The van der Waals surface area contributed by atoms with Gasteiger partial charge < -0.3 is 14.6 Å². The number of ketones is 2. The lowest BCUT2D eigenvalue weighted by atomic mass is 9.72. The second-order valence-electron chi connectivity index (χ2n) is 8.28. The molecule has 0 aliphatic heterocycles. The summed E-state index contributed by atoms with van der Waals surface area (Å²) in [5, 5.41) is 20.6. The highest BCUT2D eigenvalue weighted by Crippen LogP contribution is 2.86. The van der Waals surface area contributed by atoms with Gasteiger partial charge >= 0.3 is 0 Å². The molecule has 0 radical (unpaired) electrons. The fourth-order valence-electron chi connectivity index (χ4n) is 5.76. The van der Waals surface area contributed by atoms with Crippen LogP contribution >= 0.6 is 0 Å². The monoisotopic (exact) mass is 376 g/mol. The van der Waals surface area contributed by atoms with Crippen LogP contribution in [0, 0.1) is 17.8 Å². The van der Waals surface area contributed by atoms with Crippen LogP contribution in [0.5, 0.6) is 5.75 Å². The molecule has 3 saturated carbocycles. The van der Waals surface area contributed by atoms with Crippen molar-refractivity contribution in [3.8, 4) is 5.75 Å². The number of aliphatic hydroxyl groups excluding tert-OH is 1. The Balaban J connectivity index is 1.52. The van der Waals surface area contributed by atoms with Gasteiger partial charge in [0.1, 0.15) is 11.3 Å². The van der Waals surface area contributed by atoms with Crippen molar-refractivity contribution in [1.82, 2.24) is 0 Å². The second kappa shape index (κ2) is 4.82. The minimum atomic E-state index is -0.870. The first-order chi connectivity index (χ1) is 13.4. The maximum absolute atomic E-state index is 12.6. The first-order valence-electron chi connectivity index (χ1n) is 9.45. The van der Waals surface area contributed by atoms with Crippen molar-refractivity contribution in [2.45, 2.75) is 24.7 Å². The van der Waals surface area contributed by atoms with Crippen LogP contribution in [0.25, 0.3) is 16.5 Å². The molecule has 140 valence electrons. The molecule has 4 aliphatic rings. The third-order valence-corrected chi connectivity index (χ3v) is 7.09. The van der Waals surface area contributed by atoms with Crippen LogP contribution in [0.15, 0.2) is 45.3 Å². The predicted molar refractivity (Wildman–Crippen MR) is 98.9 cm³/mol. The van der Waals surface area contributed by atoms with Crippen molar-refractivity contribution >= 4 is 28.1 Å². The highest BCUT2D eigenvalue weighted by atomic mass is 16.4. The van der Waals surface area contributed by atoms with Gasteiger partial charge in [-0.25, -0.2) is 0 Å². The van der Waals surface area contributed by atoms with E-state index in [1.54, 1.807) is 6.07 Å². The van der Waals surface area contributed by atoms with Crippen molar-refractivity contribution in [3.63, 3.8) is 0 Å². The highest BCUT2D eigenvalue weighted by Gasteiger charge is 2.84. The quantitative estimate of drug-likeness (QED) is 0.617. The molecule has 6 nitrogen and oxygen atoms in total. The lowest BCUT2D eigenvalue weighted by Gasteiger charge is -2.32. The lowest BCUT2D eigenvalue weighted by Crippen LogP contribution is -2.27. The molecule has 1 aromatic heterocycles. The summed E-state index contributed by atoms with van der Waals surface area (Å²) in [6, 6.07) is 5.48. The Morgan fingerprint density at radius 1 is 1.04 bits per heavy atom. The van der Waals surface area contributed by atoms with E-state index >= 15 is 0 Å². The Kier molecular flexibility index (Phi) is 2.73. The number of hydrogen-bond acceptors (Lipinski definition) is 6. The van der Waals surface area contributed by atoms with Crippen LogP contribution in [-0.2, 0) is 15.0 Å². The number of benzene rings is 1. The van der Waals surface area contributed by atoms with Crippen molar-refractivity contribution in [3.05, 3.63) is 57.7 Å². The zero-order valence-corrected chi connectivity index (χ0v) is 14.8. The van der Waals surface area contributed by atoms with Gasteiger partial charge in [-0.2, -0.15) is 0 Å². The van der Waals surface area contributed by atoms with E-state index < -0.39 is 28.5 Å². The Labute approximate surface area is 158 Å². The number of fused-ring (bicyclic) bond motifs is 3. The molecule has 0 bridgehead atoms. The third kappa shape index (κ3) is 1.75. The molecule has 3 fully saturated rings. The summed E-state index contributed by atoms with van der Waals surface area (Å²) < 4.78 is 5.79. The smallest absolute Gasteiger partial charge is 0.235 e. The van der Waals surface area contributed by atoms with E-state index in [9.17, 15) is 24.6 Å². The molecule has 0 saturated heterocycles. The zero-order chi connectivity index (χ0) is 19.4. The third-order valence-electron chi connectivity index (χ3n) is 7.09. The molecule has 28 heavy (non-hydrogen) atoms. The number of allylic oxidation sites excluding steroid dienone is 3. The van der Waals surface area contributed by atoms with Crippen LogP contribution < -0.4 is 5.43 Å². The Hall–Kier alpha value is -3.15. The summed E-state index contributed by atoms with van der Waals surface area (Å²) >= 11 is 0. The molecular weight excluding hydrogens is 360 g/mol. The molecule has 1 aromatic carbocycles. The van der Waals surface area contributed by atoms with Gasteiger partial charge in [-0.05, 0) is 48.3 Å². The molecule has 0 amide bonds. The van der Waals surface area contributed by atoms with E-state index in [1.165, 1.54) is 12.8 Å². The largest absolute Gasteiger partial charge is 0.507 e. The van der Waals surface area contributed by atoms with Gasteiger partial charge in [0.15, 0.2) is 5.76 Å². The van der Waals surface area contributed by atoms with Gasteiger partial charge in [0.05, 0.1) is 11.0 Å². The van der Waals surface area contributed by atoms with Crippen LogP contribution in [0.3, 0.4) is 0 Å². The number of carbonyl (C=O) groups excluding carboxylic acids is 2. The average Bonchev–Trinajstić information content (AvgIpc) is 3.59. The summed E-state index contributed by atoms with van der Waals surface area (Å²) in [6.45, 7) is 0. The number of rotatable bonds is 2. The molecule has 0 spiro atoms. The van der Waals surface area contributed by atoms with Crippen molar-refractivity contribution in [2.75, 3.05) is 0 Å². The number of aliphatic hydroxyl groups is 1. The minimum Gasteiger partial charge on any atom is -0.507 e. The van der Waals surface area contributed by atoms with E-state index in [-0.39, 0.29) is 22.1 Å².